The number of imidazole rings is 1. The van der Waals surface area contributed by atoms with E-state index in [-0.39, 0.29) is 0 Å². The molecule has 118 valence electrons. The molecule has 4 aromatic rings. The normalized spacial score (nSPS) is 10.9. The lowest BCUT2D eigenvalue weighted by atomic mass is 10.0. The van der Waals surface area contributed by atoms with E-state index in [1.165, 1.54) is 0 Å². The molecule has 0 saturated carbocycles. The highest BCUT2D eigenvalue weighted by atomic mass is 35.5. The molecule has 0 saturated heterocycles. The first-order valence-electron chi connectivity index (χ1n) is 7.21. The van der Waals surface area contributed by atoms with E-state index < -0.39 is 0 Å². The standard InChI is InChI=1S/C16H12ClN7/c1-10-6-11(16-20-22-23-21-16)2-3-13(10)15-14(17)7-12(8-19-15)24-5-4-18-9-24/h2-9H,1H3,(H,20,21,22,23). The Morgan fingerprint density at radius 1 is 1.21 bits per heavy atom. The van der Waals surface area contributed by atoms with Crippen LogP contribution < -0.4 is 0 Å². The number of hydrogen-bond acceptors (Lipinski definition) is 5. The summed E-state index contributed by atoms with van der Waals surface area (Å²) in [4.78, 5) is 8.56. The molecule has 1 aromatic carbocycles. The van der Waals surface area contributed by atoms with Gasteiger partial charge in [-0.15, -0.1) is 5.10 Å². The van der Waals surface area contributed by atoms with E-state index in [2.05, 4.69) is 30.6 Å². The van der Waals surface area contributed by atoms with Gasteiger partial charge >= 0.3 is 0 Å². The monoisotopic (exact) mass is 337 g/mol. The summed E-state index contributed by atoms with van der Waals surface area (Å²) in [6.07, 6.45) is 7.04. The molecule has 0 radical (unpaired) electrons. The number of tetrazole rings is 1. The maximum absolute atomic E-state index is 6.46. The highest BCUT2D eigenvalue weighted by molar-refractivity contribution is 6.33. The van der Waals surface area contributed by atoms with Crippen LogP contribution in [0.5, 0.6) is 0 Å². The smallest absolute Gasteiger partial charge is 0.179 e. The number of pyridine rings is 1. The Balaban J connectivity index is 1.74. The van der Waals surface area contributed by atoms with Crippen molar-refractivity contribution in [2.75, 3.05) is 0 Å². The molecule has 0 aliphatic rings. The summed E-state index contributed by atoms with van der Waals surface area (Å²) in [5.41, 5.74) is 4.51. The van der Waals surface area contributed by atoms with Crippen LogP contribution in [-0.2, 0) is 0 Å². The van der Waals surface area contributed by atoms with E-state index in [0.29, 0.717) is 10.8 Å². The van der Waals surface area contributed by atoms with Gasteiger partial charge in [0.1, 0.15) is 0 Å². The van der Waals surface area contributed by atoms with Crippen molar-refractivity contribution in [3.8, 4) is 28.3 Å². The van der Waals surface area contributed by atoms with Gasteiger partial charge in [-0.1, -0.05) is 23.7 Å². The molecular formula is C16H12ClN7. The van der Waals surface area contributed by atoms with Gasteiger partial charge in [0.25, 0.3) is 0 Å². The molecule has 1 N–H and O–H groups in total. The van der Waals surface area contributed by atoms with Gasteiger partial charge in [0.05, 0.1) is 28.9 Å². The number of aromatic amines is 1. The number of halogens is 1. The van der Waals surface area contributed by atoms with Crippen LogP contribution in [0.2, 0.25) is 5.02 Å². The number of nitrogens with one attached hydrogen (secondary N) is 1. The van der Waals surface area contributed by atoms with Crippen LogP contribution in [-0.4, -0.2) is 35.2 Å². The summed E-state index contributed by atoms with van der Waals surface area (Å²) in [6.45, 7) is 2.00. The van der Waals surface area contributed by atoms with Crippen LogP contribution in [0.15, 0.2) is 49.2 Å². The maximum atomic E-state index is 6.46. The Kier molecular flexibility index (Phi) is 3.55. The van der Waals surface area contributed by atoms with Gasteiger partial charge in [-0.2, -0.15) is 0 Å². The van der Waals surface area contributed by atoms with Crippen molar-refractivity contribution in [3.63, 3.8) is 0 Å². The van der Waals surface area contributed by atoms with Gasteiger partial charge in [-0.05, 0) is 35.0 Å². The summed E-state index contributed by atoms with van der Waals surface area (Å²) in [7, 11) is 0. The largest absolute Gasteiger partial charge is 0.305 e. The molecule has 0 atom stereocenters. The Bertz CT molecular complexity index is 896. The lowest BCUT2D eigenvalue weighted by molar-refractivity contribution is 0.881. The first-order valence-corrected chi connectivity index (χ1v) is 7.59. The summed E-state index contributed by atoms with van der Waals surface area (Å²) in [5, 5.41) is 14.4. The third-order valence-corrected chi connectivity index (χ3v) is 4.02. The zero-order valence-corrected chi connectivity index (χ0v) is 13.4. The van der Waals surface area contributed by atoms with Crippen LogP contribution in [0.1, 0.15) is 5.56 Å². The number of aromatic nitrogens is 7. The average Bonchev–Trinajstić information content (AvgIpc) is 3.29. The Morgan fingerprint density at radius 3 is 2.79 bits per heavy atom. The van der Waals surface area contributed by atoms with Gasteiger partial charge in [-0.3, -0.25) is 4.98 Å². The van der Waals surface area contributed by atoms with Gasteiger partial charge in [-0.25, -0.2) is 10.1 Å². The minimum Gasteiger partial charge on any atom is -0.305 e. The molecule has 7 nitrogen and oxygen atoms in total. The number of benzene rings is 1. The van der Waals surface area contributed by atoms with E-state index in [1.54, 1.807) is 18.7 Å². The Labute approximate surface area is 142 Å². The lowest BCUT2D eigenvalue weighted by Gasteiger charge is -2.10. The Morgan fingerprint density at radius 2 is 2.12 bits per heavy atom. The van der Waals surface area contributed by atoms with Crippen LogP contribution in [0, 0.1) is 6.92 Å². The molecule has 3 aromatic heterocycles. The van der Waals surface area contributed by atoms with Gasteiger partial charge in [0, 0.05) is 23.5 Å². The third-order valence-electron chi connectivity index (χ3n) is 3.73. The quantitative estimate of drug-likeness (QED) is 0.621. The van der Waals surface area contributed by atoms with Crippen LogP contribution >= 0.6 is 11.6 Å². The second-order valence-corrected chi connectivity index (χ2v) is 5.68. The Hall–Kier alpha value is -3.06. The number of H-pyrrole nitrogens is 1. The number of aryl methyl sites for hydroxylation is 1. The molecule has 0 amide bonds. The van der Waals surface area contributed by atoms with Crippen LogP contribution in [0.25, 0.3) is 28.3 Å². The van der Waals surface area contributed by atoms with E-state index in [0.717, 1.165) is 28.1 Å². The predicted molar refractivity (Wildman–Crippen MR) is 89.7 cm³/mol. The average molecular weight is 338 g/mol. The highest BCUT2D eigenvalue weighted by Gasteiger charge is 2.12. The van der Waals surface area contributed by atoms with Crippen molar-refractivity contribution in [3.05, 3.63) is 59.8 Å². The van der Waals surface area contributed by atoms with Crippen molar-refractivity contribution >= 4 is 11.6 Å². The summed E-state index contributed by atoms with van der Waals surface area (Å²) in [6, 6.07) is 7.78. The molecule has 0 fully saturated rings. The molecule has 3 heterocycles. The molecule has 0 aliphatic carbocycles. The zero-order chi connectivity index (χ0) is 16.5. The SMILES string of the molecule is Cc1cc(-c2nnn[nH]2)ccc1-c1ncc(-n2ccnc2)cc1Cl. The zero-order valence-electron chi connectivity index (χ0n) is 12.7. The predicted octanol–water partition coefficient (Wildman–Crippen LogP) is 3.08. The summed E-state index contributed by atoms with van der Waals surface area (Å²) >= 11 is 6.46. The fourth-order valence-electron chi connectivity index (χ4n) is 2.54. The topological polar surface area (TPSA) is 85.2 Å². The van der Waals surface area contributed by atoms with Crippen molar-refractivity contribution in [1.29, 1.82) is 0 Å². The fraction of sp³-hybridized carbons (Fsp3) is 0.0625. The molecule has 8 heteroatoms. The third kappa shape index (κ3) is 2.55. The van der Waals surface area contributed by atoms with Gasteiger partial charge < -0.3 is 4.57 Å². The fourth-order valence-corrected chi connectivity index (χ4v) is 2.80. The molecule has 4 rings (SSSR count). The summed E-state index contributed by atoms with van der Waals surface area (Å²) in [5.74, 6) is 0.624. The minimum absolute atomic E-state index is 0.582. The molecule has 0 unspecified atom stereocenters. The van der Waals surface area contributed by atoms with Crippen LogP contribution in [0.4, 0.5) is 0 Å². The van der Waals surface area contributed by atoms with Gasteiger partial charge in [0.2, 0.25) is 0 Å². The number of hydrogen-bond donors (Lipinski definition) is 1. The van der Waals surface area contributed by atoms with Gasteiger partial charge in [0.15, 0.2) is 5.82 Å². The first kappa shape index (κ1) is 14.5. The van der Waals surface area contributed by atoms with E-state index in [4.69, 9.17) is 11.6 Å². The molecule has 0 spiro atoms. The van der Waals surface area contributed by atoms with E-state index in [1.807, 2.05) is 42.0 Å². The lowest BCUT2D eigenvalue weighted by Crippen LogP contribution is -1.95. The molecule has 0 bridgehead atoms. The van der Waals surface area contributed by atoms with Crippen molar-refractivity contribution < 1.29 is 0 Å². The van der Waals surface area contributed by atoms with Crippen molar-refractivity contribution in [2.24, 2.45) is 0 Å². The van der Waals surface area contributed by atoms with E-state index >= 15 is 0 Å². The van der Waals surface area contributed by atoms with E-state index in [9.17, 15) is 0 Å². The molecule has 24 heavy (non-hydrogen) atoms. The number of nitrogens with zero attached hydrogens (tertiary/aromatic N) is 6. The number of rotatable bonds is 3. The van der Waals surface area contributed by atoms with Crippen LogP contribution in [0.3, 0.4) is 0 Å². The second kappa shape index (κ2) is 5.86. The highest BCUT2D eigenvalue weighted by Crippen LogP contribution is 2.31. The maximum Gasteiger partial charge on any atom is 0.179 e. The first-order chi connectivity index (χ1) is 11.7. The summed E-state index contributed by atoms with van der Waals surface area (Å²) < 4.78 is 1.86. The molecule has 0 aliphatic heterocycles. The minimum atomic E-state index is 0.582. The molecular weight excluding hydrogens is 326 g/mol. The second-order valence-electron chi connectivity index (χ2n) is 5.27. The van der Waals surface area contributed by atoms with Crippen molar-refractivity contribution in [1.82, 2.24) is 35.2 Å². The van der Waals surface area contributed by atoms with Crippen molar-refractivity contribution in [2.45, 2.75) is 6.92 Å².